The molecule has 0 saturated heterocycles. The fourth-order valence-electron chi connectivity index (χ4n) is 0.901. The summed E-state index contributed by atoms with van der Waals surface area (Å²) >= 11 is 0. The first kappa shape index (κ1) is 15.3. The van der Waals surface area contributed by atoms with Crippen molar-refractivity contribution < 1.29 is 9.47 Å². The van der Waals surface area contributed by atoms with E-state index in [1.807, 2.05) is 41.5 Å². The Kier molecular flexibility index (Phi) is 5.36. The second-order valence-corrected chi connectivity index (χ2v) is 5.27. The molecule has 0 heterocycles. The molecule has 0 aromatic carbocycles. The van der Waals surface area contributed by atoms with E-state index in [9.17, 15) is 0 Å². The first-order valence-corrected chi connectivity index (χ1v) is 5.51. The molecule has 94 valence electrons. The van der Waals surface area contributed by atoms with Gasteiger partial charge in [0.05, 0.1) is 17.9 Å². The van der Waals surface area contributed by atoms with Crippen LogP contribution in [0.15, 0.2) is 17.3 Å². The number of nitrogens with zero attached hydrogens (tertiary/aromatic N) is 1. The van der Waals surface area contributed by atoms with Crippen LogP contribution >= 0.6 is 0 Å². The van der Waals surface area contributed by atoms with E-state index >= 15 is 0 Å². The van der Waals surface area contributed by atoms with Gasteiger partial charge in [0.1, 0.15) is 5.60 Å². The molecule has 0 atom stereocenters. The molecule has 3 heteroatoms. The molecule has 0 saturated carbocycles. The molecule has 0 radical (unpaired) electrons. The SMILES string of the molecule is C=C(N=C(C)C)C(C)(C)OCC(C)(C)OC. The maximum atomic E-state index is 5.82. The van der Waals surface area contributed by atoms with Crippen molar-refractivity contribution >= 4 is 5.71 Å². The molecule has 0 fully saturated rings. The van der Waals surface area contributed by atoms with Crippen molar-refractivity contribution in [3.8, 4) is 0 Å². The average molecular weight is 227 g/mol. The van der Waals surface area contributed by atoms with Crippen molar-refractivity contribution in [1.82, 2.24) is 0 Å². The first-order valence-electron chi connectivity index (χ1n) is 5.51. The standard InChI is InChI=1S/C13H25NO2/c1-10(2)14-11(3)13(6,7)16-9-12(4,5)15-8/h3,9H2,1-2,4-8H3. The van der Waals surface area contributed by atoms with Gasteiger partial charge in [-0.25, -0.2) is 0 Å². The van der Waals surface area contributed by atoms with Gasteiger partial charge in [-0.2, -0.15) is 0 Å². The van der Waals surface area contributed by atoms with Gasteiger partial charge in [-0.05, 0) is 41.5 Å². The third kappa shape index (κ3) is 5.42. The van der Waals surface area contributed by atoms with Gasteiger partial charge in [0, 0.05) is 12.8 Å². The minimum absolute atomic E-state index is 0.289. The molecule has 0 spiro atoms. The summed E-state index contributed by atoms with van der Waals surface area (Å²) < 4.78 is 11.1. The zero-order valence-electron chi connectivity index (χ0n) is 11.7. The lowest BCUT2D eigenvalue weighted by Gasteiger charge is -2.31. The fourth-order valence-corrected chi connectivity index (χ4v) is 0.901. The van der Waals surface area contributed by atoms with Crippen molar-refractivity contribution in [3.63, 3.8) is 0 Å². The Morgan fingerprint density at radius 1 is 1.19 bits per heavy atom. The number of ether oxygens (including phenoxy) is 2. The molecule has 0 aliphatic heterocycles. The quantitative estimate of drug-likeness (QED) is 0.652. The number of hydrogen-bond donors (Lipinski definition) is 0. The van der Waals surface area contributed by atoms with Gasteiger partial charge in [0.25, 0.3) is 0 Å². The van der Waals surface area contributed by atoms with Crippen molar-refractivity contribution in [2.24, 2.45) is 4.99 Å². The molecule has 0 rings (SSSR count). The Balaban J connectivity index is 4.47. The van der Waals surface area contributed by atoms with E-state index in [0.717, 1.165) is 11.4 Å². The van der Waals surface area contributed by atoms with Gasteiger partial charge in [-0.3, -0.25) is 4.99 Å². The summed E-state index contributed by atoms with van der Waals surface area (Å²) in [4.78, 5) is 4.33. The molecule has 0 unspecified atom stereocenters. The highest BCUT2D eigenvalue weighted by atomic mass is 16.5. The third-order valence-corrected chi connectivity index (χ3v) is 2.39. The van der Waals surface area contributed by atoms with Crippen LogP contribution in [-0.4, -0.2) is 30.6 Å². The Hall–Kier alpha value is -0.670. The molecule has 0 aliphatic rings. The van der Waals surface area contributed by atoms with Crippen LogP contribution in [0.1, 0.15) is 41.5 Å². The van der Waals surface area contributed by atoms with Crippen LogP contribution in [0.5, 0.6) is 0 Å². The maximum absolute atomic E-state index is 5.82. The largest absolute Gasteiger partial charge is 0.376 e. The minimum Gasteiger partial charge on any atom is -0.376 e. The van der Waals surface area contributed by atoms with Crippen molar-refractivity contribution in [2.45, 2.75) is 52.7 Å². The number of rotatable bonds is 6. The van der Waals surface area contributed by atoms with Crippen molar-refractivity contribution in [1.29, 1.82) is 0 Å². The highest BCUT2D eigenvalue weighted by Gasteiger charge is 2.27. The van der Waals surface area contributed by atoms with Crippen molar-refractivity contribution in [3.05, 3.63) is 12.3 Å². The summed E-state index contributed by atoms with van der Waals surface area (Å²) in [5.41, 5.74) is 0.961. The van der Waals surface area contributed by atoms with Gasteiger partial charge < -0.3 is 9.47 Å². The zero-order valence-corrected chi connectivity index (χ0v) is 11.7. The average Bonchev–Trinajstić information content (AvgIpc) is 2.14. The smallest absolute Gasteiger partial charge is 0.104 e. The second kappa shape index (κ2) is 5.60. The molecule has 0 aromatic rings. The van der Waals surface area contributed by atoms with Gasteiger partial charge >= 0.3 is 0 Å². The Bertz CT molecular complexity index is 274. The van der Waals surface area contributed by atoms with E-state index in [1.165, 1.54) is 0 Å². The van der Waals surface area contributed by atoms with E-state index in [2.05, 4.69) is 11.6 Å². The Labute approximate surface area is 99.6 Å². The van der Waals surface area contributed by atoms with E-state index < -0.39 is 5.60 Å². The van der Waals surface area contributed by atoms with E-state index in [0.29, 0.717) is 6.61 Å². The molecular formula is C13H25NO2. The number of methoxy groups -OCH3 is 1. The lowest BCUT2D eigenvalue weighted by atomic mass is 10.1. The van der Waals surface area contributed by atoms with E-state index in [-0.39, 0.29) is 5.60 Å². The zero-order chi connectivity index (χ0) is 13.0. The summed E-state index contributed by atoms with van der Waals surface area (Å²) in [5.74, 6) is 0. The molecular weight excluding hydrogens is 202 g/mol. The van der Waals surface area contributed by atoms with E-state index in [1.54, 1.807) is 7.11 Å². The van der Waals surface area contributed by atoms with Gasteiger partial charge in [0.15, 0.2) is 0 Å². The predicted octanol–water partition coefficient (Wildman–Crippen LogP) is 3.20. The topological polar surface area (TPSA) is 30.8 Å². The lowest BCUT2D eigenvalue weighted by Crippen LogP contribution is -2.36. The summed E-state index contributed by atoms with van der Waals surface area (Å²) in [7, 11) is 1.68. The summed E-state index contributed by atoms with van der Waals surface area (Å²) in [6.07, 6.45) is 0. The van der Waals surface area contributed by atoms with Crippen LogP contribution in [0.2, 0.25) is 0 Å². The number of aliphatic imine (C=N–C) groups is 1. The van der Waals surface area contributed by atoms with Gasteiger partial charge in [-0.1, -0.05) is 6.58 Å². The molecule has 16 heavy (non-hydrogen) atoms. The second-order valence-electron chi connectivity index (χ2n) is 5.27. The van der Waals surface area contributed by atoms with Gasteiger partial charge in [-0.15, -0.1) is 0 Å². The van der Waals surface area contributed by atoms with Gasteiger partial charge in [0.2, 0.25) is 0 Å². The fraction of sp³-hybridized carbons (Fsp3) is 0.769. The van der Waals surface area contributed by atoms with E-state index in [4.69, 9.17) is 9.47 Å². The predicted molar refractivity (Wildman–Crippen MR) is 69.0 cm³/mol. The molecule has 0 aliphatic carbocycles. The molecule has 0 N–H and O–H groups in total. The van der Waals surface area contributed by atoms with Crippen LogP contribution < -0.4 is 0 Å². The highest BCUT2D eigenvalue weighted by molar-refractivity contribution is 5.80. The first-order chi connectivity index (χ1) is 7.10. The van der Waals surface area contributed by atoms with Crippen LogP contribution in [0, 0.1) is 0 Å². The van der Waals surface area contributed by atoms with Crippen LogP contribution in [0.3, 0.4) is 0 Å². The van der Waals surface area contributed by atoms with Crippen molar-refractivity contribution in [2.75, 3.05) is 13.7 Å². The monoisotopic (exact) mass is 227 g/mol. The molecule has 0 bridgehead atoms. The van der Waals surface area contributed by atoms with Crippen LogP contribution in [0.4, 0.5) is 0 Å². The normalized spacial score (nSPS) is 12.4. The third-order valence-electron chi connectivity index (χ3n) is 2.39. The highest BCUT2D eigenvalue weighted by Crippen LogP contribution is 2.23. The van der Waals surface area contributed by atoms with Crippen LogP contribution in [0.25, 0.3) is 0 Å². The maximum Gasteiger partial charge on any atom is 0.104 e. The number of hydrogen-bond acceptors (Lipinski definition) is 3. The molecule has 3 nitrogen and oxygen atoms in total. The molecule has 0 aromatic heterocycles. The summed E-state index contributed by atoms with van der Waals surface area (Å²) in [6.45, 7) is 16.2. The van der Waals surface area contributed by atoms with Crippen LogP contribution in [-0.2, 0) is 9.47 Å². The Morgan fingerprint density at radius 2 is 1.69 bits per heavy atom. The minimum atomic E-state index is -0.465. The Morgan fingerprint density at radius 3 is 2.06 bits per heavy atom. The summed E-state index contributed by atoms with van der Waals surface area (Å²) in [5, 5.41) is 0. The molecule has 0 amide bonds. The summed E-state index contributed by atoms with van der Waals surface area (Å²) in [6, 6.07) is 0. The lowest BCUT2D eigenvalue weighted by molar-refractivity contribution is -0.0931.